The van der Waals surface area contributed by atoms with Crippen molar-refractivity contribution < 1.29 is 0 Å². The molecule has 51 heavy (non-hydrogen) atoms. The van der Waals surface area contributed by atoms with Gasteiger partial charge in [-0.25, -0.2) is 0 Å². The van der Waals surface area contributed by atoms with Gasteiger partial charge in [-0.15, -0.1) is 0 Å². The number of fused-ring (bicyclic) bond motifs is 2. The van der Waals surface area contributed by atoms with Crippen LogP contribution in [0.5, 0.6) is 0 Å². The molecule has 7 rings (SSSR count). The van der Waals surface area contributed by atoms with Crippen LogP contribution in [-0.2, 0) is 0 Å². The van der Waals surface area contributed by atoms with Crippen molar-refractivity contribution in [3.63, 3.8) is 0 Å². The topological polar surface area (TPSA) is 27.8 Å². The van der Waals surface area contributed by atoms with Gasteiger partial charge in [0.05, 0.1) is 0 Å². The molecule has 6 aliphatic rings. The minimum atomic E-state index is 0.639. The fraction of sp³-hybridized carbons (Fsp3) is 0.673. The van der Waals surface area contributed by atoms with E-state index < -0.39 is 0 Å². The fourth-order valence-electron chi connectivity index (χ4n) is 12.5. The Bertz CT molecular complexity index is 1400. The van der Waals surface area contributed by atoms with E-state index in [4.69, 9.17) is 0 Å². The van der Waals surface area contributed by atoms with E-state index in [1.54, 1.807) is 5.57 Å². The minimum Gasteiger partial charge on any atom is -0.385 e. The van der Waals surface area contributed by atoms with E-state index >= 15 is 0 Å². The molecular formula is C49H72N2. The molecule has 1 aromatic rings. The largest absolute Gasteiger partial charge is 0.385 e. The van der Waals surface area contributed by atoms with Gasteiger partial charge in [0.15, 0.2) is 0 Å². The zero-order chi connectivity index (χ0) is 35.0. The third kappa shape index (κ3) is 8.84. The average Bonchev–Trinajstić information content (AvgIpc) is 3.74. The van der Waals surface area contributed by atoms with E-state index in [-0.39, 0.29) is 0 Å². The van der Waals surface area contributed by atoms with E-state index in [2.05, 4.69) is 110 Å². The van der Waals surface area contributed by atoms with Crippen molar-refractivity contribution in [1.29, 1.82) is 0 Å². The summed E-state index contributed by atoms with van der Waals surface area (Å²) in [4.78, 5) is 3.59. The van der Waals surface area contributed by atoms with Crippen LogP contribution in [0.1, 0.15) is 142 Å². The number of hydrogen-bond acceptors (Lipinski definition) is 1. The second kappa shape index (κ2) is 18.0. The van der Waals surface area contributed by atoms with Gasteiger partial charge in [-0.2, -0.15) is 0 Å². The number of nitrogens with one attached hydrogen (secondary N) is 2. The maximum absolute atomic E-state index is 3.92. The van der Waals surface area contributed by atoms with E-state index in [0.717, 1.165) is 60.3 Å². The zero-order valence-corrected chi connectivity index (χ0v) is 32.7. The van der Waals surface area contributed by atoms with Gasteiger partial charge in [-0.05, 0) is 179 Å². The highest BCUT2D eigenvalue weighted by Gasteiger charge is 2.45. The lowest BCUT2D eigenvalue weighted by Gasteiger charge is -2.51. The summed E-state index contributed by atoms with van der Waals surface area (Å²) in [6.45, 7) is 8.18. The normalized spacial score (nSPS) is 36.7. The lowest BCUT2D eigenvalue weighted by molar-refractivity contribution is -0.0122. The Labute approximate surface area is 312 Å². The number of aromatic nitrogens is 1. The molecule has 0 amide bonds. The van der Waals surface area contributed by atoms with Crippen molar-refractivity contribution in [3.05, 3.63) is 96.1 Å². The Morgan fingerprint density at radius 3 is 2.59 bits per heavy atom. The van der Waals surface area contributed by atoms with Crippen molar-refractivity contribution >= 4 is 0 Å². The molecular weight excluding hydrogens is 617 g/mol. The monoisotopic (exact) mass is 689 g/mol. The quantitative estimate of drug-likeness (QED) is 0.157. The number of aromatic amines is 1. The summed E-state index contributed by atoms with van der Waals surface area (Å²) in [6.07, 6.45) is 50.4. The molecule has 0 spiro atoms. The van der Waals surface area contributed by atoms with E-state index in [9.17, 15) is 0 Å². The molecule has 0 saturated heterocycles. The van der Waals surface area contributed by atoms with Crippen molar-refractivity contribution in [2.24, 2.45) is 65.1 Å². The molecule has 0 radical (unpaired) electrons. The standard InChI is InChI=1S/C49H72N2/c1-4-6-18-42(5-2)51-34-41(36-26-28-38(29-27-36)45-22-12-15-37-14-7-8-19-44(37)45)25-24-35(3)43-30-31-46(48-21-10-9-20-47(43)48)39-16-11-17-40(33-39)49-23-13-32-50-49/h5-7,12-15,18,23,26,28-29,32,35-37,39-41,43-48,50-51H,4,8-11,16-17,19-22,24-25,27,30-31,33-34H2,1-3H3/b18-6-,42-5+. The second-order valence-corrected chi connectivity index (χ2v) is 18.0. The molecule has 3 fully saturated rings. The summed E-state index contributed by atoms with van der Waals surface area (Å²) >= 11 is 0. The Hall–Kier alpha value is -2.48. The van der Waals surface area contributed by atoms with Crippen LogP contribution in [0, 0.1) is 65.1 Å². The van der Waals surface area contributed by atoms with Gasteiger partial charge in [0.25, 0.3) is 0 Å². The highest BCUT2D eigenvalue weighted by atomic mass is 14.9. The lowest BCUT2D eigenvalue weighted by Crippen LogP contribution is -2.43. The van der Waals surface area contributed by atoms with Gasteiger partial charge < -0.3 is 10.3 Å². The maximum Gasteiger partial charge on any atom is 0.0293 e. The van der Waals surface area contributed by atoms with Gasteiger partial charge in [-0.1, -0.05) is 101 Å². The predicted molar refractivity (Wildman–Crippen MR) is 218 cm³/mol. The first-order valence-electron chi connectivity index (χ1n) is 22.0. The van der Waals surface area contributed by atoms with Gasteiger partial charge in [0.1, 0.15) is 0 Å². The molecule has 2 heteroatoms. The smallest absolute Gasteiger partial charge is 0.0293 e. The SMILES string of the molecule is C/C=C(\C=C/CC)NCC(CCC(C)C1CCC(C2CCCC(c3ccc[nH]3)C2)C2CCCCC12)C1C=CC(C2CC=CC3C=CCCC32)=CC1. The fourth-order valence-corrected chi connectivity index (χ4v) is 12.5. The molecule has 12 atom stereocenters. The third-order valence-electron chi connectivity index (χ3n) is 15.3. The summed E-state index contributed by atoms with van der Waals surface area (Å²) in [5, 5.41) is 3.92. The van der Waals surface area contributed by atoms with Crippen LogP contribution >= 0.6 is 0 Å². The number of hydrogen-bond donors (Lipinski definition) is 2. The molecule has 0 aliphatic heterocycles. The molecule has 6 aliphatic carbocycles. The first-order chi connectivity index (χ1) is 25.1. The van der Waals surface area contributed by atoms with Crippen molar-refractivity contribution in [3.8, 4) is 0 Å². The second-order valence-electron chi connectivity index (χ2n) is 18.0. The van der Waals surface area contributed by atoms with Crippen molar-refractivity contribution in [1.82, 2.24) is 10.3 Å². The molecule has 0 aromatic carbocycles. The first kappa shape index (κ1) is 36.9. The van der Waals surface area contributed by atoms with Crippen LogP contribution in [0.4, 0.5) is 0 Å². The Morgan fingerprint density at radius 1 is 0.902 bits per heavy atom. The summed E-state index contributed by atoms with van der Waals surface area (Å²) in [5.41, 5.74) is 4.44. The van der Waals surface area contributed by atoms with Gasteiger partial charge in [-0.3, -0.25) is 0 Å². The maximum atomic E-state index is 3.92. The summed E-state index contributed by atoms with van der Waals surface area (Å²) < 4.78 is 0. The molecule has 278 valence electrons. The van der Waals surface area contributed by atoms with Gasteiger partial charge >= 0.3 is 0 Å². The van der Waals surface area contributed by atoms with E-state index in [1.165, 1.54) is 114 Å². The van der Waals surface area contributed by atoms with Gasteiger partial charge in [0, 0.05) is 24.1 Å². The Balaban J connectivity index is 0.996. The lowest BCUT2D eigenvalue weighted by atomic mass is 9.54. The molecule has 3 saturated carbocycles. The predicted octanol–water partition coefficient (Wildman–Crippen LogP) is 13.3. The molecule has 1 heterocycles. The Kier molecular flexibility index (Phi) is 13.0. The zero-order valence-electron chi connectivity index (χ0n) is 32.7. The van der Waals surface area contributed by atoms with Crippen LogP contribution in [0.25, 0.3) is 0 Å². The molecule has 2 nitrogen and oxygen atoms in total. The number of allylic oxidation sites excluding steroid dienone is 11. The summed E-state index contributed by atoms with van der Waals surface area (Å²) in [6, 6.07) is 4.57. The molecule has 12 unspecified atom stereocenters. The summed E-state index contributed by atoms with van der Waals surface area (Å²) in [7, 11) is 0. The molecule has 1 aromatic heterocycles. The van der Waals surface area contributed by atoms with Crippen LogP contribution in [-0.4, -0.2) is 11.5 Å². The first-order valence-corrected chi connectivity index (χ1v) is 22.0. The van der Waals surface area contributed by atoms with E-state index in [1.807, 2.05) is 0 Å². The van der Waals surface area contributed by atoms with Crippen molar-refractivity contribution in [2.75, 3.05) is 6.54 Å². The summed E-state index contributed by atoms with van der Waals surface area (Å²) in [5.74, 6) is 9.92. The number of rotatable bonds is 13. The van der Waals surface area contributed by atoms with Gasteiger partial charge in [0.2, 0.25) is 0 Å². The number of H-pyrrole nitrogens is 1. The van der Waals surface area contributed by atoms with E-state index in [0.29, 0.717) is 23.7 Å². The highest BCUT2D eigenvalue weighted by molar-refractivity contribution is 5.31. The van der Waals surface area contributed by atoms with Crippen LogP contribution in [0.3, 0.4) is 0 Å². The third-order valence-corrected chi connectivity index (χ3v) is 15.3. The molecule has 0 bridgehead atoms. The van der Waals surface area contributed by atoms with Crippen LogP contribution in [0.15, 0.2) is 90.4 Å². The van der Waals surface area contributed by atoms with Crippen LogP contribution in [0.2, 0.25) is 0 Å². The highest BCUT2D eigenvalue weighted by Crippen LogP contribution is 2.55. The minimum absolute atomic E-state index is 0.639. The molecule has 2 N–H and O–H groups in total. The van der Waals surface area contributed by atoms with Crippen molar-refractivity contribution in [2.45, 2.75) is 136 Å². The Morgan fingerprint density at radius 2 is 1.78 bits per heavy atom. The average molecular weight is 689 g/mol. The van der Waals surface area contributed by atoms with Crippen LogP contribution < -0.4 is 5.32 Å².